The van der Waals surface area contributed by atoms with Gasteiger partial charge in [0.25, 0.3) is 5.91 Å². The molecule has 4 amide bonds. The molecule has 0 spiro atoms. The first-order valence-electron chi connectivity index (χ1n) is 14.4. The van der Waals surface area contributed by atoms with Gasteiger partial charge in [0, 0.05) is 42.2 Å². The summed E-state index contributed by atoms with van der Waals surface area (Å²) in [6.45, 7) is -0.0749. The standard InChI is InChI=1S/C29H27F3N10O3/c1-15-4-5-33-25(37-15)19-7-20(19)27(44)39-23-8-22(35-14-36-23)34-9-18-11-40-10-17(16-2-3-16)6-21(26(40)38-18)41-12-24(43)42(28(41)45)13-29(30,31)32/h4-6,8,10-11,14,16,19-20H,2-3,7,9,12-13H2,1H3,(H2,34,35,36,39,44)/t19-,20-/m0/s1. The number of carbonyl (C=O) groups excluding carboxylic acids is 3. The number of urea groups is 1. The minimum atomic E-state index is -4.71. The first-order valence-corrected chi connectivity index (χ1v) is 14.4. The molecule has 0 aromatic carbocycles. The van der Waals surface area contributed by atoms with Crippen LogP contribution in [0.25, 0.3) is 5.65 Å². The van der Waals surface area contributed by atoms with E-state index in [2.05, 4.69) is 35.6 Å². The fraction of sp³-hybridized carbons (Fsp3) is 0.379. The zero-order chi connectivity index (χ0) is 31.5. The lowest BCUT2D eigenvalue weighted by atomic mass is 10.1. The largest absolute Gasteiger partial charge is 0.406 e. The normalized spacial score (nSPS) is 19.8. The van der Waals surface area contributed by atoms with Crippen molar-refractivity contribution in [2.45, 2.75) is 50.7 Å². The van der Waals surface area contributed by atoms with Crippen LogP contribution in [-0.2, 0) is 16.1 Å². The maximum absolute atomic E-state index is 13.0. The van der Waals surface area contributed by atoms with Crippen molar-refractivity contribution < 1.29 is 27.6 Å². The molecule has 2 saturated carbocycles. The predicted molar refractivity (Wildman–Crippen MR) is 153 cm³/mol. The lowest BCUT2D eigenvalue weighted by molar-refractivity contribution is -0.151. The third-order valence-electron chi connectivity index (χ3n) is 7.98. The van der Waals surface area contributed by atoms with Gasteiger partial charge in [0.15, 0.2) is 5.65 Å². The summed E-state index contributed by atoms with van der Waals surface area (Å²) in [5.74, 6) is 0.275. The number of aryl methyl sites for hydroxylation is 1. The number of nitrogens with zero attached hydrogens (tertiary/aromatic N) is 8. The van der Waals surface area contributed by atoms with E-state index < -0.39 is 31.2 Å². The molecule has 0 unspecified atom stereocenters. The number of hydrogen-bond donors (Lipinski definition) is 2. The Bertz CT molecular complexity index is 1840. The van der Waals surface area contributed by atoms with Gasteiger partial charge in [-0.15, -0.1) is 0 Å². The van der Waals surface area contributed by atoms with Gasteiger partial charge >= 0.3 is 12.2 Å². The van der Waals surface area contributed by atoms with E-state index in [1.807, 2.05) is 13.1 Å². The van der Waals surface area contributed by atoms with Crippen molar-refractivity contribution in [3.63, 3.8) is 0 Å². The van der Waals surface area contributed by atoms with Gasteiger partial charge in [0.05, 0.1) is 17.9 Å². The molecule has 3 fully saturated rings. The number of aromatic nitrogens is 6. The highest BCUT2D eigenvalue weighted by molar-refractivity contribution is 6.13. The van der Waals surface area contributed by atoms with Crippen LogP contribution in [0.4, 0.5) is 35.3 Å². The van der Waals surface area contributed by atoms with Gasteiger partial charge in [-0.25, -0.2) is 29.7 Å². The molecule has 0 bridgehead atoms. The number of anilines is 3. The van der Waals surface area contributed by atoms with E-state index in [4.69, 9.17) is 0 Å². The van der Waals surface area contributed by atoms with Crippen molar-refractivity contribution in [2.24, 2.45) is 5.92 Å². The van der Waals surface area contributed by atoms with Crippen LogP contribution in [-0.4, -0.2) is 71.3 Å². The van der Waals surface area contributed by atoms with Crippen LogP contribution in [0.1, 0.15) is 53.9 Å². The average Bonchev–Trinajstić information content (AvgIpc) is 3.92. The Labute approximate surface area is 253 Å². The summed E-state index contributed by atoms with van der Waals surface area (Å²) in [5.41, 5.74) is 2.91. The third-order valence-corrected chi connectivity index (χ3v) is 7.98. The molecular weight excluding hydrogens is 593 g/mol. The van der Waals surface area contributed by atoms with Crippen molar-refractivity contribution in [1.82, 2.24) is 34.2 Å². The summed E-state index contributed by atoms with van der Waals surface area (Å²) in [5, 5.41) is 5.96. The third kappa shape index (κ3) is 5.99. The van der Waals surface area contributed by atoms with Gasteiger partial charge in [-0.3, -0.25) is 19.4 Å². The van der Waals surface area contributed by atoms with Crippen LogP contribution in [0.2, 0.25) is 0 Å². The van der Waals surface area contributed by atoms with Gasteiger partial charge < -0.3 is 15.0 Å². The monoisotopic (exact) mass is 620 g/mol. The average molecular weight is 621 g/mol. The molecule has 13 nitrogen and oxygen atoms in total. The minimum absolute atomic E-state index is 0.0358. The number of alkyl halides is 3. The van der Waals surface area contributed by atoms with Crippen molar-refractivity contribution in [3.8, 4) is 0 Å². The topological polar surface area (TPSA) is 151 Å². The molecule has 16 heteroatoms. The second kappa shape index (κ2) is 10.8. The van der Waals surface area contributed by atoms with Gasteiger partial charge in [-0.1, -0.05) is 0 Å². The molecule has 2 N–H and O–H groups in total. The Balaban J connectivity index is 1.05. The van der Waals surface area contributed by atoms with Crippen LogP contribution < -0.4 is 15.5 Å². The minimum Gasteiger partial charge on any atom is -0.364 e. The Kier molecular flexibility index (Phi) is 6.85. The number of fused-ring (bicyclic) bond motifs is 1. The Hall–Kier alpha value is -5.15. The maximum Gasteiger partial charge on any atom is 0.406 e. The highest BCUT2D eigenvalue weighted by Gasteiger charge is 2.46. The molecule has 4 aromatic heterocycles. The first kappa shape index (κ1) is 28.6. The number of carbonyl (C=O) groups is 3. The summed E-state index contributed by atoms with van der Waals surface area (Å²) < 4.78 is 40.8. The molecule has 232 valence electrons. The molecule has 3 aliphatic rings. The van der Waals surface area contributed by atoms with Crippen molar-refractivity contribution in [1.29, 1.82) is 0 Å². The van der Waals surface area contributed by atoms with E-state index >= 15 is 0 Å². The number of hydrogen-bond acceptors (Lipinski definition) is 9. The zero-order valence-corrected chi connectivity index (χ0v) is 24.0. The van der Waals surface area contributed by atoms with E-state index in [1.165, 1.54) is 6.33 Å². The van der Waals surface area contributed by atoms with E-state index in [0.29, 0.717) is 35.2 Å². The fourth-order valence-corrected chi connectivity index (χ4v) is 5.48. The molecule has 2 aliphatic carbocycles. The molecule has 5 heterocycles. The number of amides is 4. The SMILES string of the molecule is Cc1ccnc([C@H]2C[C@@H]2C(=O)Nc2cc(NCc3cn4cc(C5CC5)cc(N5CC(=O)N(CC(F)(F)F)C5=O)c4n3)ncn2)n1. The lowest BCUT2D eigenvalue weighted by Gasteiger charge is -2.19. The molecule has 7 rings (SSSR count). The number of imidazole rings is 1. The summed E-state index contributed by atoms with van der Waals surface area (Å²) >= 11 is 0. The Morgan fingerprint density at radius 1 is 1.07 bits per heavy atom. The molecule has 4 aromatic rings. The Morgan fingerprint density at radius 2 is 1.87 bits per heavy atom. The van der Waals surface area contributed by atoms with Crippen LogP contribution in [0.5, 0.6) is 0 Å². The number of imide groups is 1. The van der Waals surface area contributed by atoms with Crippen LogP contribution in [0, 0.1) is 12.8 Å². The number of pyridine rings is 1. The smallest absolute Gasteiger partial charge is 0.364 e. The second-order valence-corrected chi connectivity index (χ2v) is 11.5. The van der Waals surface area contributed by atoms with Crippen LogP contribution in [0.15, 0.2) is 43.1 Å². The van der Waals surface area contributed by atoms with E-state index in [1.54, 1.807) is 35.0 Å². The van der Waals surface area contributed by atoms with Crippen LogP contribution in [0.3, 0.4) is 0 Å². The van der Waals surface area contributed by atoms with Gasteiger partial charge in [0.1, 0.15) is 36.9 Å². The Morgan fingerprint density at radius 3 is 2.62 bits per heavy atom. The molecule has 45 heavy (non-hydrogen) atoms. The number of nitrogens with one attached hydrogen (secondary N) is 2. The quantitative estimate of drug-likeness (QED) is 0.267. The molecule has 1 aliphatic heterocycles. The highest BCUT2D eigenvalue weighted by atomic mass is 19.4. The van der Waals surface area contributed by atoms with Crippen molar-refractivity contribution >= 4 is 40.8 Å². The van der Waals surface area contributed by atoms with E-state index in [-0.39, 0.29) is 40.8 Å². The van der Waals surface area contributed by atoms with Crippen LogP contribution >= 0.6 is 0 Å². The maximum atomic E-state index is 13.0. The lowest BCUT2D eigenvalue weighted by Crippen LogP contribution is -2.40. The fourth-order valence-electron chi connectivity index (χ4n) is 5.48. The zero-order valence-electron chi connectivity index (χ0n) is 24.0. The highest BCUT2D eigenvalue weighted by Crippen LogP contribution is 2.46. The van der Waals surface area contributed by atoms with Crippen molar-refractivity contribution in [2.75, 3.05) is 28.6 Å². The number of halogens is 3. The van der Waals surface area contributed by atoms with Crippen molar-refractivity contribution in [3.05, 3.63) is 65.9 Å². The van der Waals surface area contributed by atoms with E-state index in [0.717, 1.165) is 29.0 Å². The number of rotatable bonds is 9. The van der Waals surface area contributed by atoms with Gasteiger partial charge in [-0.2, -0.15) is 13.2 Å². The molecule has 2 atom stereocenters. The predicted octanol–water partition coefficient (Wildman–Crippen LogP) is 3.79. The molecule has 0 radical (unpaired) electrons. The van der Waals surface area contributed by atoms with Gasteiger partial charge in [0.2, 0.25) is 5.91 Å². The second-order valence-electron chi connectivity index (χ2n) is 11.5. The van der Waals surface area contributed by atoms with E-state index in [9.17, 15) is 27.6 Å². The summed E-state index contributed by atoms with van der Waals surface area (Å²) in [6.07, 6.45) is 4.48. The summed E-state index contributed by atoms with van der Waals surface area (Å²) in [7, 11) is 0. The van der Waals surface area contributed by atoms with Gasteiger partial charge in [-0.05, 0) is 49.8 Å². The first-order chi connectivity index (χ1) is 21.5. The summed E-state index contributed by atoms with van der Waals surface area (Å²) in [4.78, 5) is 61.1. The molecule has 1 saturated heterocycles. The molecular formula is C29H27F3N10O3. The summed E-state index contributed by atoms with van der Waals surface area (Å²) in [6, 6.07) is 4.09.